The van der Waals surface area contributed by atoms with Gasteiger partial charge in [-0.25, -0.2) is 9.19 Å². The van der Waals surface area contributed by atoms with Gasteiger partial charge in [-0.3, -0.25) is 0 Å². The Labute approximate surface area is 168 Å². The lowest BCUT2D eigenvalue weighted by Crippen LogP contribution is -2.08. The van der Waals surface area contributed by atoms with Crippen LogP contribution in [-0.2, 0) is 4.74 Å². The van der Waals surface area contributed by atoms with Crippen molar-refractivity contribution in [3.8, 4) is 11.1 Å². The highest BCUT2D eigenvalue weighted by Crippen LogP contribution is 2.34. The lowest BCUT2D eigenvalue weighted by molar-refractivity contribution is 0.0601. The van der Waals surface area contributed by atoms with E-state index in [4.69, 9.17) is 20.9 Å². The molecule has 0 aliphatic rings. The predicted molar refractivity (Wildman–Crippen MR) is 115 cm³/mol. The minimum Gasteiger partial charge on any atom is -0.465 e. The summed E-state index contributed by atoms with van der Waals surface area (Å²) in [6.45, 7) is 8.02. The van der Waals surface area contributed by atoms with E-state index in [1.54, 1.807) is 31.3 Å². The van der Waals surface area contributed by atoms with Gasteiger partial charge < -0.3 is 9.26 Å². The van der Waals surface area contributed by atoms with E-state index in [0.717, 1.165) is 0 Å². The maximum atomic E-state index is 12.1. The molecule has 1 aromatic heterocycles. The van der Waals surface area contributed by atoms with Crippen molar-refractivity contribution in [1.29, 1.82) is 0 Å². The van der Waals surface area contributed by atoms with Gasteiger partial charge in [0.1, 0.15) is 0 Å². The number of carbonyl (C=O) groups is 1. The summed E-state index contributed by atoms with van der Waals surface area (Å²) in [5.74, 6) is 4.07. The Balaban J connectivity index is 0.00000338. The summed E-state index contributed by atoms with van der Waals surface area (Å²) in [5.41, 5.74) is 2.32. The van der Waals surface area contributed by atoms with Crippen molar-refractivity contribution >= 4 is 53.8 Å². The van der Waals surface area contributed by atoms with Gasteiger partial charge in [-0.1, -0.05) is 39.4 Å². The molecule has 26 heavy (non-hydrogen) atoms. The maximum absolute atomic E-state index is 12.1. The second-order valence-corrected chi connectivity index (χ2v) is 9.00. The molecule has 2 aromatic rings. The van der Waals surface area contributed by atoms with Crippen LogP contribution in [0.15, 0.2) is 27.1 Å². The number of halogens is 1. The van der Waals surface area contributed by atoms with Crippen LogP contribution in [-0.4, -0.2) is 35.1 Å². The largest absolute Gasteiger partial charge is 0.465 e. The standard InChI is InChI=1S/C18H21ClN2O3S.H2S/c1-11-16(13-8-7-12(19)9-14(13)17(22)23-5)15(24-21-11)10-20-25(6)18(2,3)4;/h7-10H,6H2,1-5H3;1H2. The van der Waals surface area contributed by atoms with Gasteiger partial charge in [0.2, 0.25) is 0 Å². The molecule has 0 N–H and O–H groups in total. The van der Waals surface area contributed by atoms with Gasteiger partial charge >= 0.3 is 5.97 Å². The van der Waals surface area contributed by atoms with Crippen LogP contribution in [0.4, 0.5) is 0 Å². The molecule has 0 aliphatic carbocycles. The number of aromatic nitrogens is 1. The normalized spacial score (nSPS) is 12.7. The molecule has 1 atom stereocenters. The second-order valence-electron chi connectivity index (χ2n) is 6.40. The average Bonchev–Trinajstić information content (AvgIpc) is 2.91. The highest BCUT2D eigenvalue weighted by Gasteiger charge is 2.21. The van der Waals surface area contributed by atoms with Crippen molar-refractivity contribution in [3.63, 3.8) is 0 Å². The maximum Gasteiger partial charge on any atom is 0.338 e. The van der Waals surface area contributed by atoms with Gasteiger partial charge in [0, 0.05) is 15.3 Å². The first-order valence-electron chi connectivity index (χ1n) is 7.58. The molecule has 1 heterocycles. The molecule has 0 spiro atoms. The van der Waals surface area contributed by atoms with Crippen LogP contribution in [0.2, 0.25) is 5.02 Å². The SMILES string of the molecule is C=S(N=Cc1onc(C)c1-c1ccc(Cl)cc1C(=O)OC)C(C)(C)C.S. The quantitative estimate of drug-likeness (QED) is 0.399. The minimum absolute atomic E-state index is 0. The van der Waals surface area contributed by atoms with E-state index >= 15 is 0 Å². The lowest BCUT2D eigenvalue weighted by Gasteiger charge is -2.18. The molecule has 1 unspecified atom stereocenters. The Kier molecular flexibility index (Phi) is 7.68. The van der Waals surface area contributed by atoms with Crippen LogP contribution in [0, 0.1) is 6.92 Å². The van der Waals surface area contributed by atoms with E-state index in [1.165, 1.54) is 7.11 Å². The first kappa shape index (κ1) is 22.5. The number of rotatable bonds is 4. The molecule has 0 fully saturated rings. The molecule has 0 aliphatic heterocycles. The van der Waals surface area contributed by atoms with Crippen molar-refractivity contribution in [2.45, 2.75) is 32.4 Å². The molecule has 0 bridgehead atoms. The topological polar surface area (TPSA) is 64.7 Å². The van der Waals surface area contributed by atoms with E-state index in [-0.39, 0.29) is 18.2 Å². The summed E-state index contributed by atoms with van der Waals surface area (Å²) in [4.78, 5) is 12.1. The zero-order valence-corrected chi connectivity index (χ0v) is 18.0. The van der Waals surface area contributed by atoms with Gasteiger partial charge in [0.25, 0.3) is 0 Å². The molecule has 5 nitrogen and oxygen atoms in total. The molecule has 2 rings (SSSR count). The number of hydrogen-bond donors (Lipinski definition) is 0. The van der Waals surface area contributed by atoms with E-state index in [2.05, 4.69) is 36.2 Å². The molecule has 1 aromatic carbocycles. The van der Waals surface area contributed by atoms with Crippen LogP contribution in [0.1, 0.15) is 42.6 Å². The highest BCUT2D eigenvalue weighted by molar-refractivity contribution is 8.14. The summed E-state index contributed by atoms with van der Waals surface area (Å²) in [5, 5.41) is 4.46. The van der Waals surface area contributed by atoms with Crippen molar-refractivity contribution in [3.05, 3.63) is 40.2 Å². The number of hydrogen-bond acceptors (Lipinski definition) is 5. The minimum atomic E-state index is -0.479. The van der Waals surface area contributed by atoms with E-state index in [1.807, 2.05) is 0 Å². The van der Waals surface area contributed by atoms with Crippen LogP contribution in [0.3, 0.4) is 0 Å². The third-order valence-corrected chi connectivity index (χ3v) is 5.56. The third-order valence-electron chi connectivity index (χ3n) is 3.55. The number of benzene rings is 1. The smallest absolute Gasteiger partial charge is 0.338 e. The Bertz CT molecular complexity index is 855. The number of ether oxygens (including phenoxy) is 1. The zero-order chi connectivity index (χ0) is 18.8. The lowest BCUT2D eigenvalue weighted by atomic mass is 9.98. The fourth-order valence-corrected chi connectivity index (χ4v) is 2.80. The third kappa shape index (κ3) is 4.99. The molecule has 142 valence electrons. The van der Waals surface area contributed by atoms with Crippen LogP contribution in [0.25, 0.3) is 11.1 Å². The first-order valence-corrected chi connectivity index (χ1v) is 9.30. The van der Waals surface area contributed by atoms with Crippen LogP contribution >= 0.6 is 35.8 Å². The fourth-order valence-electron chi connectivity index (χ4n) is 2.09. The van der Waals surface area contributed by atoms with E-state index in [9.17, 15) is 4.79 Å². The zero-order valence-electron chi connectivity index (χ0n) is 15.4. The summed E-state index contributed by atoms with van der Waals surface area (Å²) in [6, 6.07) is 5.02. The fraction of sp³-hybridized carbons (Fsp3) is 0.333. The number of methoxy groups -OCH3 is 1. The van der Waals surface area contributed by atoms with E-state index in [0.29, 0.717) is 33.2 Å². The van der Waals surface area contributed by atoms with Crippen molar-refractivity contribution in [1.82, 2.24) is 5.16 Å². The van der Waals surface area contributed by atoms with Gasteiger partial charge in [0.15, 0.2) is 5.76 Å². The molecular weight excluding hydrogens is 392 g/mol. The predicted octanol–water partition coefficient (Wildman–Crippen LogP) is 5.04. The molecule has 0 amide bonds. The molecule has 0 saturated carbocycles. The Hall–Kier alpha value is -1.57. The monoisotopic (exact) mass is 414 g/mol. The number of aryl methyl sites for hydroxylation is 1. The first-order chi connectivity index (χ1) is 11.6. The number of esters is 1. The second kappa shape index (κ2) is 8.88. The van der Waals surface area contributed by atoms with Gasteiger partial charge in [-0.2, -0.15) is 13.5 Å². The molecule has 8 heteroatoms. The van der Waals surface area contributed by atoms with Crippen molar-refractivity contribution in [2.75, 3.05) is 7.11 Å². The summed E-state index contributed by atoms with van der Waals surface area (Å²) >= 11 is 6.03. The average molecular weight is 415 g/mol. The molecule has 0 radical (unpaired) electrons. The summed E-state index contributed by atoms with van der Waals surface area (Å²) < 4.78 is 14.7. The highest BCUT2D eigenvalue weighted by atomic mass is 35.5. The Morgan fingerprint density at radius 3 is 2.65 bits per heavy atom. The van der Waals surface area contributed by atoms with Crippen LogP contribution in [0.5, 0.6) is 0 Å². The van der Waals surface area contributed by atoms with Crippen molar-refractivity contribution < 1.29 is 14.1 Å². The molecular formula is C18H23ClN2O3S2. The van der Waals surface area contributed by atoms with Gasteiger partial charge in [-0.05, 0) is 39.8 Å². The van der Waals surface area contributed by atoms with Gasteiger partial charge in [0.05, 0.1) is 30.1 Å². The van der Waals surface area contributed by atoms with Gasteiger partial charge in [-0.15, -0.1) is 0 Å². The van der Waals surface area contributed by atoms with Crippen molar-refractivity contribution in [2.24, 2.45) is 4.40 Å². The Morgan fingerprint density at radius 2 is 2.08 bits per heavy atom. The summed E-state index contributed by atoms with van der Waals surface area (Å²) in [7, 11) is 0.883. The summed E-state index contributed by atoms with van der Waals surface area (Å²) in [6.07, 6.45) is 1.62. The van der Waals surface area contributed by atoms with E-state index < -0.39 is 16.6 Å². The number of carbonyl (C=O) groups excluding carboxylic acids is 1. The van der Waals surface area contributed by atoms with Crippen LogP contribution < -0.4 is 0 Å². The number of nitrogens with zero attached hydrogens (tertiary/aromatic N) is 2. The molecule has 0 saturated heterocycles. The Morgan fingerprint density at radius 1 is 1.42 bits per heavy atom.